The van der Waals surface area contributed by atoms with Crippen LogP contribution >= 0.6 is 0 Å². The highest BCUT2D eigenvalue weighted by atomic mass is 16.2. The normalized spacial score (nSPS) is 21.6. The van der Waals surface area contributed by atoms with Gasteiger partial charge in [-0.15, -0.1) is 0 Å². The van der Waals surface area contributed by atoms with Gasteiger partial charge in [-0.05, 0) is 70.2 Å². The van der Waals surface area contributed by atoms with E-state index in [4.69, 9.17) is 0 Å². The van der Waals surface area contributed by atoms with Crippen LogP contribution in [-0.4, -0.2) is 49.7 Å². The lowest BCUT2D eigenvalue weighted by Gasteiger charge is -2.35. The Morgan fingerprint density at radius 3 is 2.76 bits per heavy atom. The summed E-state index contributed by atoms with van der Waals surface area (Å²) in [5.41, 5.74) is 2.07. The molecule has 0 spiro atoms. The number of piperidine rings is 1. The zero-order chi connectivity index (χ0) is 17.6. The fourth-order valence-corrected chi connectivity index (χ4v) is 3.90. The average molecular weight is 345 g/mol. The molecule has 5 nitrogen and oxygen atoms in total. The van der Waals surface area contributed by atoms with E-state index in [0.717, 1.165) is 31.9 Å². The fraction of sp³-hybridized carbons (Fsp3) is 0.650. The summed E-state index contributed by atoms with van der Waals surface area (Å²) >= 11 is 0. The predicted molar refractivity (Wildman–Crippen MR) is 104 cm³/mol. The molecule has 0 saturated carbocycles. The molecule has 2 aliphatic rings. The number of carbonyl (C=O) groups excluding carboxylic acids is 1. The van der Waals surface area contributed by atoms with Crippen LogP contribution in [0, 0.1) is 5.92 Å². The second-order valence-electron chi connectivity index (χ2n) is 7.68. The van der Waals surface area contributed by atoms with Crippen molar-refractivity contribution >= 4 is 17.4 Å². The summed E-state index contributed by atoms with van der Waals surface area (Å²) in [7, 11) is 0. The number of carbonyl (C=O) groups is 1. The lowest BCUT2D eigenvalue weighted by Crippen LogP contribution is -2.44. The molecule has 2 saturated heterocycles. The molecule has 0 aliphatic carbocycles. The van der Waals surface area contributed by atoms with Gasteiger partial charge in [0.15, 0.2) is 0 Å². The summed E-state index contributed by atoms with van der Waals surface area (Å²) in [5.74, 6) is 0.554. The number of hydrogen-bond donors (Lipinski definition) is 2. The maximum atomic E-state index is 12.3. The number of hydrogen-bond acceptors (Lipinski definition) is 3. The Hall–Kier alpha value is -1.75. The molecule has 2 heterocycles. The summed E-state index contributed by atoms with van der Waals surface area (Å²) in [6, 6.07) is 8.67. The van der Waals surface area contributed by atoms with Gasteiger partial charge < -0.3 is 20.4 Å². The molecule has 2 fully saturated rings. The van der Waals surface area contributed by atoms with E-state index < -0.39 is 0 Å². The van der Waals surface area contributed by atoms with Gasteiger partial charge in [-0.2, -0.15) is 0 Å². The smallest absolute Gasteiger partial charge is 0.319 e. The Morgan fingerprint density at radius 1 is 1.20 bits per heavy atom. The van der Waals surface area contributed by atoms with Crippen LogP contribution in [-0.2, 0) is 0 Å². The Morgan fingerprint density at radius 2 is 2.00 bits per heavy atom. The molecule has 2 N–H and O–H groups in total. The minimum Gasteiger partial charge on any atom is -0.371 e. The molecule has 0 aromatic heterocycles. The van der Waals surface area contributed by atoms with Crippen LogP contribution in [0.1, 0.15) is 39.5 Å². The number of likely N-dealkylation sites (tertiary alicyclic amines) is 1. The molecule has 0 radical (unpaired) electrons. The highest BCUT2D eigenvalue weighted by Crippen LogP contribution is 2.23. The van der Waals surface area contributed by atoms with Crippen molar-refractivity contribution in [3.63, 3.8) is 0 Å². The number of urea groups is 1. The summed E-state index contributed by atoms with van der Waals surface area (Å²) in [6.45, 7) is 9.74. The van der Waals surface area contributed by atoms with Gasteiger partial charge in [0.1, 0.15) is 0 Å². The molecule has 1 aromatic carbocycles. The quantitative estimate of drug-likeness (QED) is 0.859. The largest absolute Gasteiger partial charge is 0.371 e. The Bertz CT molecular complexity index is 569. The first-order chi connectivity index (χ1) is 12.1. The Labute approximate surface area is 151 Å². The molecule has 1 atom stereocenters. The number of nitrogens with one attached hydrogen (secondary N) is 2. The molecule has 25 heavy (non-hydrogen) atoms. The minimum absolute atomic E-state index is 0.0970. The summed E-state index contributed by atoms with van der Waals surface area (Å²) < 4.78 is 0. The van der Waals surface area contributed by atoms with Gasteiger partial charge in [0.2, 0.25) is 0 Å². The monoisotopic (exact) mass is 344 g/mol. The van der Waals surface area contributed by atoms with E-state index in [1.165, 1.54) is 37.9 Å². The molecule has 2 aliphatic heterocycles. The van der Waals surface area contributed by atoms with E-state index in [9.17, 15) is 4.79 Å². The first kappa shape index (κ1) is 18.1. The van der Waals surface area contributed by atoms with Crippen molar-refractivity contribution in [2.45, 2.75) is 45.6 Å². The SMILES string of the molecule is CC(C)N1CCC[C@@H](CNC(=O)Nc2cccc(N3CCCC3)c2)C1. The Balaban J connectivity index is 1.47. The zero-order valence-corrected chi connectivity index (χ0v) is 15.6. The van der Waals surface area contributed by atoms with Gasteiger partial charge in [0.05, 0.1) is 0 Å². The first-order valence-electron chi connectivity index (χ1n) is 9.76. The van der Waals surface area contributed by atoms with Gasteiger partial charge in [-0.3, -0.25) is 0 Å². The van der Waals surface area contributed by atoms with Crippen LogP contribution in [0.4, 0.5) is 16.2 Å². The maximum absolute atomic E-state index is 12.3. The van der Waals surface area contributed by atoms with Crippen molar-refractivity contribution in [1.82, 2.24) is 10.2 Å². The Kier molecular flexibility index (Phi) is 6.19. The predicted octanol–water partition coefficient (Wildman–Crippen LogP) is 3.53. The third kappa shape index (κ3) is 5.11. The van der Waals surface area contributed by atoms with Crippen molar-refractivity contribution in [2.24, 2.45) is 5.92 Å². The molecular formula is C20H32N4O. The van der Waals surface area contributed by atoms with E-state index in [1.54, 1.807) is 0 Å². The average Bonchev–Trinajstić information content (AvgIpc) is 3.15. The number of amides is 2. The van der Waals surface area contributed by atoms with Crippen molar-refractivity contribution in [2.75, 3.05) is 42.9 Å². The molecule has 2 amide bonds. The van der Waals surface area contributed by atoms with E-state index in [1.807, 2.05) is 12.1 Å². The topological polar surface area (TPSA) is 47.6 Å². The van der Waals surface area contributed by atoms with Crippen LogP contribution in [0.15, 0.2) is 24.3 Å². The van der Waals surface area contributed by atoms with Crippen molar-refractivity contribution in [1.29, 1.82) is 0 Å². The van der Waals surface area contributed by atoms with Crippen LogP contribution in [0.3, 0.4) is 0 Å². The standard InChI is InChI=1S/C20H32N4O/c1-16(2)24-12-6-7-17(15-24)14-21-20(25)22-18-8-5-9-19(13-18)23-10-3-4-11-23/h5,8-9,13,16-17H,3-4,6-7,10-12,14-15H2,1-2H3,(H2,21,22,25)/t17-/m0/s1. The lowest BCUT2D eigenvalue weighted by atomic mass is 9.97. The summed E-state index contributed by atoms with van der Waals surface area (Å²) in [6.07, 6.45) is 4.94. The van der Waals surface area contributed by atoms with E-state index in [0.29, 0.717) is 12.0 Å². The summed E-state index contributed by atoms with van der Waals surface area (Å²) in [5, 5.41) is 6.05. The molecular weight excluding hydrogens is 312 g/mol. The third-order valence-electron chi connectivity index (χ3n) is 5.41. The van der Waals surface area contributed by atoms with Crippen molar-refractivity contribution in [3.05, 3.63) is 24.3 Å². The van der Waals surface area contributed by atoms with Gasteiger partial charge in [0.25, 0.3) is 0 Å². The van der Waals surface area contributed by atoms with E-state index in [-0.39, 0.29) is 6.03 Å². The van der Waals surface area contributed by atoms with Gasteiger partial charge in [-0.1, -0.05) is 6.07 Å². The van der Waals surface area contributed by atoms with Gasteiger partial charge in [-0.25, -0.2) is 4.79 Å². The fourth-order valence-electron chi connectivity index (χ4n) is 3.90. The molecule has 0 unspecified atom stereocenters. The molecule has 138 valence electrons. The lowest BCUT2D eigenvalue weighted by molar-refractivity contribution is 0.139. The van der Waals surface area contributed by atoms with Crippen LogP contribution < -0.4 is 15.5 Å². The second kappa shape index (κ2) is 8.56. The highest BCUT2D eigenvalue weighted by Gasteiger charge is 2.22. The number of rotatable bonds is 5. The minimum atomic E-state index is -0.0970. The molecule has 0 bridgehead atoms. The second-order valence-corrected chi connectivity index (χ2v) is 7.68. The van der Waals surface area contributed by atoms with Crippen LogP contribution in [0.25, 0.3) is 0 Å². The van der Waals surface area contributed by atoms with E-state index in [2.05, 4.69) is 46.4 Å². The van der Waals surface area contributed by atoms with Gasteiger partial charge in [0, 0.05) is 43.6 Å². The van der Waals surface area contributed by atoms with Crippen molar-refractivity contribution in [3.8, 4) is 0 Å². The zero-order valence-electron chi connectivity index (χ0n) is 15.6. The van der Waals surface area contributed by atoms with E-state index >= 15 is 0 Å². The summed E-state index contributed by atoms with van der Waals surface area (Å²) in [4.78, 5) is 17.1. The molecule has 1 aromatic rings. The molecule has 5 heteroatoms. The van der Waals surface area contributed by atoms with Crippen LogP contribution in [0.5, 0.6) is 0 Å². The van der Waals surface area contributed by atoms with Crippen LogP contribution in [0.2, 0.25) is 0 Å². The van der Waals surface area contributed by atoms with Gasteiger partial charge >= 0.3 is 6.03 Å². The maximum Gasteiger partial charge on any atom is 0.319 e. The molecule has 3 rings (SSSR count). The number of benzene rings is 1. The number of nitrogens with zero attached hydrogens (tertiary/aromatic N) is 2. The highest BCUT2D eigenvalue weighted by molar-refractivity contribution is 5.89. The number of anilines is 2. The first-order valence-corrected chi connectivity index (χ1v) is 9.76. The third-order valence-corrected chi connectivity index (χ3v) is 5.41. The van der Waals surface area contributed by atoms with Crippen molar-refractivity contribution < 1.29 is 4.79 Å².